The minimum absolute atomic E-state index is 0.460. The molecule has 0 atom stereocenters. The van der Waals surface area contributed by atoms with Gasteiger partial charge in [-0.1, -0.05) is 60.7 Å². The van der Waals surface area contributed by atoms with Gasteiger partial charge in [0, 0.05) is 11.4 Å². The first-order chi connectivity index (χ1) is 20.8. The first-order valence-corrected chi connectivity index (χ1v) is 15.3. The second-order valence-corrected chi connectivity index (χ2v) is 13.4. The van der Waals surface area contributed by atoms with Gasteiger partial charge in [0.15, 0.2) is 0 Å². The number of anilines is 2. The average Bonchev–Trinajstić information content (AvgIpc) is 2.93. The summed E-state index contributed by atoms with van der Waals surface area (Å²) in [4.78, 5) is 24.5. The van der Waals surface area contributed by atoms with Crippen LogP contribution in [0.15, 0.2) is 84.9 Å². The summed E-state index contributed by atoms with van der Waals surface area (Å²) in [6, 6.07) is 29.6. The zero-order chi connectivity index (χ0) is 31.5. The van der Waals surface area contributed by atoms with E-state index in [1.807, 2.05) is 65.8 Å². The van der Waals surface area contributed by atoms with E-state index in [1.54, 1.807) is 0 Å². The lowest BCUT2D eigenvalue weighted by Crippen LogP contribution is -2.27. The Hall–Kier alpha value is -4.58. The van der Waals surface area contributed by atoms with Crippen molar-refractivity contribution in [2.45, 2.75) is 78.4 Å². The van der Waals surface area contributed by atoms with Gasteiger partial charge in [0.25, 0.3) is 0 Å². The minimum atomic E-state index is -0.551. The van der Waals surface area contributed by atoms with Crippen molar-refractivity contribution in [3.05, 3.63) is 107 Å². The molecule has 8 rings (SSSR count). The van der Waals surface area contributed by atoms with Crippen molar-refractivity contribution < 1.29 is 19.1 Å². The number of amides is 2. The van der Waals surface area contributed by atoms with E-state index < -0.39 is 23.4 Å². The van der Waals surface area contributed by atoms with Gasteiger partial charge < -0.3 is 9.47 Å². The van der Waals surface area contributed by atoms with E-state index in [-0.39, 0.29) is 0 Å². The zero-order valence-electron chi connectivity index (χ0n) is 26.5. The van der Waals surface area contributed by atoms with E-state index in [9.17, 15) is 9.59 Å². The summed E-state index contributed by atoms with van der Waals surface area (Å²) in [5, 5.41) is 5.65. The molecule has 0 unspecified atom stereocenters. The van der Waals surface area contributed by atoms with Crippen LogP contribution in [0.4, 0.5) is 21.0 Å². The second kappa shape index (κ2) is 12.6. The Morgan fingerprint density at radius 2 is 0.886 bits per heavy atom. The van der Waals surface area contributed by atoms with Gasteiger partial charge in [0.1, 0.15) is 11.2 Å². The minimum Gasteiger partial charge on any atom is -0.444 e. The fourth-order valence-corrected chi connectivity index (χ4v) is 5.40. The van der Waals surface area contributed by atoms with Gasteiger partial charge in [-0.15, -0.1) is 0 Å². The molecule has 0 radical (unpaired) electrons. The van der Waals surface area contributed by atoms with Crippen molar-refractivity contribution in [3.8, 4) is 22.3 Å². The van der Waals surface area contributed by atoms with Crippen LogP contribution in [0.2, 0.25) is 0 Å². The molecule has 6 heteroatoms. The number of ether oxygens (including phenoxy) is 2. The number of hydrogen-bond donors (Lipinski definition) is 2. The van der Waals surface area contributed by atoms with Crippen LogP contribution >= 0.6 is 0 Å². The van der Waals surface area contributed by atoms with Crippen molar-refractivity contribution >= 4 is 23.6 Å². The van der Waals surface area contributed by atoms with Crippen molar-refractivity contribution in [1.82, 2.24) is 0 Å². The van der Waals surface area contributed by atoms with E-state index in [1.165, 1.54) is 33.4 Å². The molecule has 4 aliphatic rings. The molecule has 0 aromatic heterocycles. The number of carbonyl (C=O) groups excluding carboxylic acids is 2. The van der Waals surface area contributed by atoms with E-state index >= 15 is 0 Å². The lowest BCUT2D eigenvalue weighted by Gasteiger charge is -2.20. The Kier molecular flexibility index (Phi) is 8.82. The van der Waals surface area contributed by atoms with Crippen LogP contribution in [0.1, 0.15) is 63.8 Å². The molecule has 228 valence electrons. The highest BCUT2D eigenvalue weighted by atomic mass is 16.6. The lowest BCUT2D eigenvalue weighted by molar-refractivity contribution is 0.0624. The smallest absolute Gasteiger partial charge is 0.412 e. The van der Waals surface area contributed by atoms with Crippen LogP contribution in [0.25, 0.3) is 22.3 Å². The fourth-order valence-electron chi connectivity index (χ4n) is 5.40. The number of benzene rings is 4. The molecule has 2 N–H and O–H groups in total. The maximum absolute atomic E-state index is 12.2. The fraction of sp³-hybridized carbons (Fsp3) is 0.316. The number of hydrogen-bond acceptors (Lipinski definition) is 4. The molecular weight excluding hydrogens is 548 g/mol. The number of carbonyl (C=O) groups is 2. The van der Waals surface area contributed by atoms with E-state index in [0.717, 1.165) is 36.8 Å². The Bertz CT molecular complexity index is 1520. The highest BCUT2D eigenvalue weighted by Gasteiger charge is 2.18. The van der Waals surface area contributed by atoms with Gasteiger partial charge in [-0.25, -0.2) is 9.59 Å². The van der Waals surface area contributed by atoms with Crippen LogP contribution in [0.3, 0.4) is 0 Å². The molecule has 4 aliphatic carbocycles. The Morgan fingerprint density at radius 3 is 1.23 bits per heavy atom. The molecule has 4 bridgehead atoms. The number of aryl methyl sites for hydroxylation is 4. The molecule has 44 heavy (non-hydrogen) atoms. The molecule has 2 amide bonds. The van der Waals surface area contributed by atoms with Gasteiger partial charge in [0.2, 0.25) is 0 Å². The summed E-state index contributed by atoms with van der Waals surface area (Å²) in [6.45, 7) is 11.1. The third-order valence-corrected chi connectivity index (χ3v) is 7.40. The molecule has 0 fully saturated rings. The average molecular weight is 591 g/mol. The van der Waals surface area contributed by atoms with Crippen LogP contribution < -0.4 is 10.6 Å². The molecule has 4 aromatic carbocycles. The topological polar surface area (TPSA) is 76.7 Å². The lowest BCUT2D eigenvalue weighted by atomic mass is 9.87. The maximum atomic E-state index is 12.2. The van der Waals surface area contributed by atoms with Gasteiger partial charge >= 0.3 is 12.2 Å². The summed E-state index contributed by atoms with van der Waals surface area (Å²) < 4.78 is 10.8. The molecule has 0 saturated heterocycles. The molecule has 4 aromatic rings. The number of rotatable bonds is 4. The van der Waals surface area contributed by atoms with Gasteiger partial charge in [0.05, 0.1) is 0 Å². The Labute approximate surface area is 260 Å². The first kappa shape index (κ1) is 30.9. The summed E-state index contributed by atoms with van der Waals surface area (Å²) in [7, 11) is 0. The predicted octanol–water partition coefficient (Wildman–Crippen LogP) is 9.60. The van der Waals surface area contributed by atoms with E-state index in [0.29, 0.717) is 11.4 Å². The summed E-state index contributed by atoms with van der Waals surface area (Å²) in [5.41, 5.74) is 10.1. The van der Waals surface area contributed by atoms with Gasteiger partial charge in [-0.3, -0.25) is 10.6 Å². The van der Waals surface area contributed by atoms with Crippen LogP contribution in [-0.4, -0.2) is 23.4 Å². The Morgan fingerprint density at radius 1 is 0.523 bits per heavy atom. The largest absolute Gasteiger partial charge is 0.444 e. The van der Waals surface area contributed by atoms with E-state index in [2.05, 4.69) is 71.3 Å². The van der Waals surface area contributed by atoms with Crippen molar-refractivity contribution in [1.29, 1.82) is 0 Å². The molecule has 6 nitrogen and oxygen atoms in total. The molecule has 0 aliphatic heterocycles. The van der Waals surface area contributed by atoms with Crippen molar-refractivity contribution in [2.75, 3.05) is 10.6 Å². The number of nitrogens with one attached hydrogen (secondary N) is 2. The van der Waals surface area contributed by atoms with Gasteiger partial charge in [-0.05, 0) is 136 Å². The summed E-state index contributed by atoms with van der Waals surface area (Å²) in [6.07, 6.45) is 2.72. The summed E-state index contributed by atoms with van der Waals surface area (Å²) >= 11 is 0. The summed E-state index contributed by atoms with van der Waals surface area (Å²) in [5.74, 6) is 0. The van der Waals surface area contributed by atoms with Crippen LogP contribution in [-0.2, 0) is 35.2 Å². The monoisotopic (exact) mass is 590 g/mol. The third kappa shape index (κ3) is 8.28. The van der Waals surface area contributed by atoms with Gasteiger partial charge in [-0.2, -0.15) is 0 Å². The molecule has 0 saturated carbocycles. The predicted molar refractivity (Wildman–Crippen MR) is 178 cm³/mol. The normalized spacial score (nSPS) is 13.0. The first-order valence-electron chi connectivity index (χ1n) is 15.3. The second-order valence-electron chi connectivity index (χ2n) is 13.4. The van der Waals surface area contributed by atoms with Crippen molar-refractivity contribution in [2.24, 2.45) is 0 Å². The quantitative estimate of drug-likeness (QED) is 0.248. The van der Waals surface area contributed by atoms with E-state index in [4.69, 9.17) is 9.47 Å². The highest BCUT2D eigenvalue weighted by molar-refractivity contribution is 5.86. The standard InChI is InChI=1S/C38H42N2O4/c1-37(2,3)43-35(41)39-31-19-15-29(16-20-31)33-23-25-7-8-26-10-12-28(14-13-27(33)11-9-25)34(24-26)30-17-21-32(22-18-30)40-36(42)44-38(4,5)6/h9-12,15-24H,7-8,13-14H2,1-6H3,(H,39,41)(H,40,42). The Balaban J connectivity index is 1.36. The maximum Gasteiger partial charge on any atom is 0.412 e. The SMILES string of the molecule is CC(C)(C)OC(=O)Nc1ccc(-c2cc3ccc2CCc2ccc(cc2-c2ccc(NC(=O)OC(C)(C)C)cc2)CC3)cc1. The van der Waals surface area contributed by atoms with Crippen LogP contribution in [0.5, 0.6) is 0 Å². The highest BCUT2D eigenvalue weighted by Crippen LogP contribution is 2.32. The molecular formula is C38H42N2O4. The third-order valence-electron chi connectivity index (χ3n) is 7.40. The zero-order valence-corrected chi connectivity index (χ0v) is 26.5. The van der Waals surface area contributed by atoms with Crippen LogP contribution in [0, 0.1) is 0 Å². The molecule has 0 heterocycles. The van der Waals surface area contributed by atoms with Crippen molar-refractivity contribution in [3.63, 3.8) is 0 Å². The molecule has 0 spiro atoms.